The first kappa shape index (κ1) is 35.5. The standard InChI is InChI=1S/C36H51N3O7/c1-24-31(22-39-21-9-10-30(39)34(43)46-36(3,4)5)44-35(45-33(24)27-14-12-26(23-40)13-15-27)28-16-18-29(19-17-28)38-32(42)11-7-6-8-20-37-25(2)41/h12-19,24,30-31,33,35,40H,6-11,20-23H2,1-5H3,(H,37,41)(H,38,42). The fraction of sp³-hybridized carbons (Fsp3) is 0.583. The van der Waals surface area contributed by atoms with E-state index >= 15 is 0 Å². The number of carbonyl (C=O) groups excluding carboxylic acids is 3. The molecule has 10 heteroatoms. The van der Waals surface area contributed by atoms with Gasteiger partial charge in [0.05, 0.1) is 18.8 Å². The summed E-state index contributed by atoms with van der Waals surface area (Å²) in [5.74, 6) is -0.309. The molecule has 2 amide bonds. The molecule has 0 saturated carbocycles. The van der Waals surface area contributed by atoms with Crippen LogP contribution in [0.5, 0.6) is 0 Å². The number of benzene rings is 2. The molecule has 2 aromatic carbocycles. The van der Waals surface area contributed by atoms with Gasteiger partial charge in [-0.25, -0.2) is 0 Å². The second kappa shape index (κ2) is 16.5. The lowest BCUT2D eigenvalue weighted by atomic mass is 9.90. The third-order valence-electron chi connectivity index (χ3n) is 8.50. The molecule has 252 valence electrons. The van der Waals surface area contributed by atoms with E-state index in [0.29, 0.717) is 25.2 Å². The van der Waals surface area contributed by atoms with Crippen LogP contribution in [-0.2, 0) is 35.2 Å². The summed E-state index contributed by atoms with van der Waals surface area (Å²) in [5.41, 5.74) is 2.80. The van der Waals surface area contributed by atoms with Gasteiger partial charge in [-0.2, -0.15) is 0 Å². The van der Waals surface area contributed by atoms with Gasteiger partial charge in [-0.15, -0.1) is 0 Å². The summed E-state index contributed by atoms with van der Waals surface area (Å²) in [5, 5.41) is 15.3. The van der Waals surface area contributed by atoms with Crippen molar-refractivity contribution in [2.75, 3.05) is 25.0 Å². The Morgan fingerprint density at radius 3 is 2.33 bits per heavy atom. The number of hydrogen-bond donors (Lipinski definition) is 3. The van der Waals surface area contributed by atoms with Crippen molar-refractivity contribution in [1.29, 1.82) is 0 Å². The van der Waals surface area contributed by atoms with Crippen molar-refractivity contribution in [2.45, 2.75) is 110 Å². The van der Waals surface area contributed by atoms with Gasteiger partial charge in [0.1, 0.15) is 11.6 Å². The van der Waals surface area contributed by atoms with Crippen molar-refractivity contribution in [2.24, 2.45) is 5.92 Å². The minimum Gasteiger partial charge on any atom is -0.459 e. The van der Waals surface area contributed by atoms with E-state index in [2.05, 4.69) is 22.5 Å². The first-order valence-electron chi connectivity index (χ1n) is 16.6. The molecule has 0 radical (unpaired) electrons. The molecule has 2 aliphatic heterocycles. The monoisotopic (exact) mass is 637 g/mol. The highest BCUT2D eigenvalue weighted by Crippen LogP contribution is 2.42. The summed E-state index contributed by atoms with van der Waals surface area (Å²) < 4.78 is 19.0. The van der Waals surface area contributed by atoms with Gasteiger partial charge >= 0.3 is 5.97 Å². The Kier molecular flexibility index (Phi) is 12.7. The first-order valence-corrected chi connectivity index (χ1v) is 16.6. The average molecular weight is 638 g/mol. The van der Waals surface area contributed by atoms with Gasteiger partial charge in [-0.05, 0) is 76.3 Å². The summed E-state index contributed by atoms with van der Waals surface area (Å²) in [6, 6.07) is 15.0. The van der Waals surface area contributed by atoms with Gasteiger partial charge in [0.15, 0.2) is 6.29 Å². The lowest BCUT2D eigenvalue weighted by molar-refractivity contribution is -0.276. The van der Waals surface area contributed by atoms with Crippen LogP contribution < -0.4 is 10.6 Å². The third kappa shape index (κ3) is 10.4. The minimum absolute atomic E-state index is 0.0204. The predicted molar refractivity (Wildman–Crippen MR) is 176 cm³/mol. The van der Waals surface area contributed by atoms with Gasteiger partial charge in [0, 0.05) is 43.6 Å². The van der Waals surface area contributed by atoms with Gasteiger partial charge in [-0.1, -0.05) is 49.7 Å². The van der Waals surface area contributed by atoms with E-state index in [4.69, 9.17) is 14.2 Å². The molecule has 0 aromatic heterocycles. The number of nitrogens with zero attached hydrogens (tertiary/aromatic N) is 1. The molecule has 10 nitrogen and oxygen atoms in total. The van der Waals surface area contributed by atoms with Crippen LogP contribution in [0.2, 0.25) is 0 Å². The molecule has 2 aromatic rings. The number of hydrogen-bond acceptors (Lipinski definition) is 8. The molecule has 2 aliphatic rings. The van der Waals surface area contributed by atoms with Gasteiger partial charge in [-0.3, -0.25) is 19.3 Å². The Balaban J connectivity index is 1.44. The molecule has 2 saturated heterocycles. The summed E-state index contributed by atoms with van der Waals surface area (Å²) in [6.45, 7) is 11.2. The first-order chi connectivity index (χ1) is 21.9. The van der Waals surface area contributed by atoms with Crippen LogP contribution in [0.4, 0.5) is 5.69 Å². The number of rotatable bonds is 13. The van der Waals surface area contributed by atoms with E-state index in [1.807, 2.05) is 69.3 Å². The number of aliphatic hydroxyl groups is 1. The van der Waals surface area contributed by atoms with Gasteiger partial charge < -0.3 is 30.0 Å². The summed E-state index contributed by atoms with van der Waals surface area (Å²) in [7, 11) is 0. The maximum atomic E-state index is 13.1. The zero-order valence-corrected chi connectivity index (χ0v) is 27.9. The van der Waals surface area contributed by atoms with E-state index in [0.717, 1.165) is 55.3 Å². The zero-order valence-electron chi connectivity index (χ0n) is 27.9. The van der Waals surface area contributed by atoms with Crippen molar-refractivity contribution in [3.05, 3.63) is 65.2 Å². The Hall–Kier alpha value is -3.31. The third-order valence-corrected chi connectivity index (χ3v) is 8.50. The van der Waals surface area contributed by atoms with Crippen LogP contribution in [0.25, 0.3) is 0 Å². The lowest BCUT2D eigenvalue weighted by Gasteiger charge is -2.43. The number of unbranched alkanes of at least 4 members (excludes halogenated alkanes) is 2. The van der Waals surface area contributed by atoms with Crippen molar-refractivity contribution in [3.63, 3.8) is 0 Å². The molecule has 46 heavy (non-hydrogen) atoms. The summed E-state index contributed by atoms with van der Waals surface area (Å²) in [6.07, 6.45) is 3.38. The van der Waals surface area contributed by atoms with Crippen LogP contribution in [0.15, 0.2) is 48.5 Å². The maximum Gasteiger partial charge on any atom is 0.323 e. The Bertz CT molecular complexity index is 1290. The molecule has 0 spiro atoms. The number of ether oxygens (including phenoxy) is 3. The molecule has 5 unspecified atom stereocenters. The Labute approximate surface area is 273 Å². The fourth-order valence-corrected chi connectivity index (χ4v) is 6.04. The van der Waals surface area contributed by atoms with Gasteiger partial charge in [0.25, 0.3) is 0 Å². The van der Waals surface area contributed by atoms with Crippen LogP contribution in [0.1, 0.15) is 102 Å². The van der Waals surface area contributed by atoms with Gasteiger partial charge in [0.2, 0.25) is 11.8 Å². The van der Waals surface area contributed by atoms with Crippen molar-refractivity contribution in [3.8, 4) is 0 Å². The van der Waals surface area contributed by atoms with E-state index in [9.17, 15) is 19.5 Å². The minimum atomic E-state index is -0.653. The quantitative estimate of drug-likeness (QED) is 0.197. The van der Waals surface area contributed by atoms with Crippen LogP contribution >= 0.6 is 0 Å². The number of likely N-dealkylation sites (tertiary alicyclic amines) is 1. The number of aliphatic hydroxyl groups excluding tert-OH is 1. The maximum absolute atomic E-state index is 13.1. The highest BCUT2D eigenvalue weighted by molar-refractivity contribution is 5.90. The number of amides is 2. The normalized spacial score (nSPS) is 23.6. The Morgan fingerprint density at radius 1 is 0.978 bits per heavy atom. The number of anilines is 1. The van der Waals surface area contributed by atoms with Crippen molar-refractivity contribution < 1.29 is 33.7 Å². The van der Waals surface area contributed by atoms with E-state index in [-0.39, 0.29) is 48.6 Å². The SMILES string of the molecule is CC(=O)NCCCCCC(=O)Nc1ccc(C2OC(CN3CCCC3C(=O)OC(C)(C)C)C(C)C(c3ccc(CO)cc3)O2)cc1. The van der Waals surface area contributed by atoms with E-state index in [1.165, 1.54) is 6.92 Å². The van der Waals surface area contributed by atoms with E-state index in [1.54, 1.807) is 0 Å². The molecule has 2 fully saturated rings. The predicted octanol–water partition coefficient (Wildman–Crippen LogP) is 5.41. The lowest BCUT2D eigenvalue weighted by Crippen LogP contribution is -2.48. The van der Waals surface area contributed by atoms with Crippen molar-refractivity contribution in [1.82, 2.24) is 10.2 Å². The smallest absolute Gasteiger partial charge is 0.323 e. The average Bonchev–Trinajstić information content (AvgIpc) is 3.48. The molecule has 3 N–H and O–H groups in total. The Morgan fingerprint density at radius 2 is 1.67 bits per heavy atom. The zero-order chi connectivity index (χ0) is 33.3. The number of carbonyl (C=O) groups is 3. The molecule has 4 rings (SSSR count). The molecule has 2 heterocycles. The number of nitrogens with one attached hydrogen (secondary N) is 2. The van der Waals surface area contributed by atoms with E-state index < -0.39 is 11.9 Å². The van der Waals surface area contributed by atoms with Crippen LogP contribution in [0.3, 0.4) is 0 Å². The number of esters is 1. The molecule has 5 atom stereocenters. The highest BCUT2D eigenvalue weighted by atomic mass is 16.7. The summed E-state index contributed by atoms with van der Waals surface area (Å²) >= 11 is 0. The molecule has 0 bridgehead atoms. The topological polar surface area (TPSA) is 126 Å². The molecule has 0 aliphatic carbocycles. The summed E-state index contributed by atoms with van der Waals surface area (Å²) in [4.78, 5) is 38.7. The second-order valence-electron chi connectivity index (χ2n) is 13.5. The van der Waals surface area contributed by atoms with Crippen LogP contribution in [-0.4, -0.2) is 65.2 Å². The highest BCUT2D eigenvalue weighted by Gasteiger charge is 2.42. The second-order valence-corrected chi connectivity index (χ2v) is 13.5. The fourth-order valence-electron chi connectivity index (χ4n) is 6.04. The van der Waals surface area contributed by atoms with Crippen molar-refractivity contribution >= 4 is 23.5 Å². The molecular weight excluding hydrogens is 586 g/mol. The van der Waals surface area contributed by atoms with Crippen LogP contribution in [0, 0.1) is 5.92 Å². The largest absolute Gasteiger partial charge is 0.459 e. The molecular formula is C36H51N3O7.